The molecule has 4 aromatic rings. The molecular formula is C30H29F2N7O3. The number of rotatable bonds is 7. The number of methoxy groups -OCH3 is 1. The Morgan fingerprint density at radius 3 is 2.48 bits per heavy atom. The van der Waals surface area contributed by atoms with Crippen LogP contribution in [-0.4, -0.2) is 47.3 Å². The van der Waals surface area contributed by atoms with E-state index in [2.05, 4.69) is 20.7 Å². The average Bonchev–Trinajstić information content (AvgIpc) is 3.45. The van der Waals surface area contributed by atoms with Gasteiger partial charge in [-0.2, -0.15) is 19.1 Å². The Labute approximate surface area is 241 Å². The molecule has 0 radical (unpaired) electrons. The van der Waals surface area contributed by atoms with Gasteiger partial charge in [0.25, 0.3) is 17.7 Å². The first-order valence-corrected chi connectivity index (χ1v) is 13.2. The SMILES string of the molecule is CC.CNc1cc(C(F)(F)c2ccc(N3CCn4ncc(NC(=O)c5ccc(OC)c(C#N)c5)c4C3=O)cc2)ccn1. The molecule has 0 spiro atoms. The van der Waals surface area contributed by atoms with Crippen LogP contribution in [0, 0.1) is 11.3 Å². The fourth-order valence-electron chi connectivity index (χ4n) is 4.45. The second-order valence-electron chi connectivity index (χ2n) is 8.87. The first-order valence-electron chi connectivity index (χ1n) is 13.2. The van der Waals surface area contributed by atoms with Gasteiger partial charge in [0.2, 0.25) is 0 Å². The van der Waals surface area contributed by atoms with Crippen molar-refractivity contribution in [2.75, 3.05) is 36.2 Å². The van der Waals surface area contributed by atoms with E-state index in [0.29, 0.717) is 23.8 Å². The predicted octanol–water partition coefficient (Wildman–Crippen LogP) is 5.28. The van der Waals surface area contributed by atoms with Crippen molar-refractivity contribution in [3.05, 3.63) is 94.9 Å². The number of fused-ring (bicyclic) bond motifs is 1. The van der Waals surface area contributed by atoms with Crippen molar-refractivity contribution in [3.8, 4) is 11.8 Å². The molecule has 10 nitrogen and oxygen atoms in total. The van der Waals surface area contributed by atoms with Gasteiger partial charge in [0.15, 0.2) is 0 Å². The molecule has 0 atom stereocenters. The number of benzene rings is 2. The Bertz CT molecular complexity index is 1650. The van der Waals surface area contributed by atoms with Gasteiger partial charge in [0, 0.05) is 42.2 Å². The molecule has 12 heteroatoms. The molecule has 1 aliphatic heterocycles. The minimum atomic E-state index is -3.28. The number of aromatic nitrogens is 3. The second-order valence-corrected chi connectivity index (χ2v) is 8.87. The van der Waals surface area contributed by atoms with E-state index in [1.54, 1.807) is 7.05 Å². The molecule has 2 aromatic carbocycles. The highest BCUT2D eigenvalue weighted by Crippen LogP contribution is 2.37. The first kappa shape index (κ1) is 29.7. The summed E-state index contributed by atoms with van der Waals surface area (Å²) in [7, 11) is 3.02. The maximum Gasteiger partial charge on any atom is 0.298 e. The zero-order valence-electron chi connectivity index (χ0n) is 23.5. The lowest BCUT2D eigenvalue weighted by Crippen LogP contribution is -2.41. The third-order valence-electron chi connectivity index (χ3n) is 6.57. The van der Waals surface area contributed by atoms with E-state index < -0.39 is 17.7 Å². The van der Waals surface area contributed by atoms with Crippen molar-refractivity contribution in [1.29, 1.82) is 5.26 Å². The van der Waals surface area contributed by atoms with Gasteiger partial charge >= 0.3 is 0 Å². The van der Waals surface area contributed by atoms with Crippen LogP contribution in [0.3, 0.4) is 0 Å². The van der Waals surface area contributed by atoms with Crippen molar-refractivity contribution in [3.63, 3.8) is 0 Å². The van der Waals surface area contributed by atoms with Gasteiger partial charge in [-0.1, -0.05) is 26.0 Å². The largest absolute Gasteiger partial charge is 0.495 e. The van der Waals surface area contributed by atoms with Crippen LogP contribution in [0.2, 0.25) is 0 Å². The lowest BCUT2D eigenvalue weighted by atomic mass is 10.0. The Kier molecular flexibility index (Phi) is 8.81. The topological polar surface area (TPSA) is 125 Å². The van der Waals surface area contributed by atoms with Crippen molar-refractivity contribution in [2.24, 2.45) is 0 Å². The molecule has 42 heavy (non-hydrogen) atoms. The number of carbonyl (C=O) groups is 2. The number of hydrogen-bond acceptors (Lipinski definition) is 7. The molecule has 3 heterocycles. The lowest BCUT2D eigenvalue weighted by Gasteiger charge is -2.28. The molecule has 2 amide bonds. The third kappa shape index (κ3) is 5.62. The molecule has 1 aliphatic rings. The number of nitriles is 1. The zero-order valence-corrected chi connectivity index (χ0v) is 23.5. The van der Waals surface area contributed by atoms with Gasteiger partial charge in [-0.05, 0) is 42.5 Å². The van der Waals surface area contributed by atoms with Crippen LogP contribution in [0.4, 0.5) is 26.0 Å². The second kappa shape index (κ2) is 12.5. The number of anilines is 3. The Morgan fingerprint density at radius 2 is 1.81 bits per heavy atom. The van der Waals surface area contributed by atoms with Crippen LogP contribution >= 0.6 is 0 Å². The summed E-state index contributed by atoms with van der Waals surface area (Å²) in [5.41, 5.74) is 0.711. The Morgan fingerprint density at radius 1 is 1.07 bits per heavy atom. The molecule has 0 saturated carbocycles. The quantitative estimate of drug-likeness (QED) is 0.308. The molecule has 5 rings (SSSR count). The lowest BCUT2D eigenvalue weighted by molar-refractivity contribution is 0.0428. The number of halogens is 2. The van der Waals surface area contributed by atoms with Crippen molar-refractivity contribution < 1.29 is 23.1 Å². The molecule has 216 valence electrons. The van der Waals surface area contributed by atoms with E-state index >= 15 is 8.78 Å². The minimum Gasteiger partial charge on any atom is -0.495 e. The van der Waals surface area contributed by atoms with E-state index in [0.717, 1.165) is 0 Å². The summed E-state index contributed by atoms with van der Waals surface area (Å²) in [5, 5.41) is 19.0. The van der Waals surface area contributed by atoms with Gasteiger partial charge < -0.3 is 20.3 Å². The van der Waals surface area contributed by atoms with Gasteiger partial charge in [0.05, 0.1) is 31.1 Å². The van der Waals surface area contributed by atoms with Gasteiger partial charge in [-0.15, -0.1) is 0 Å². The van der Waals surface area contributed by atoms with Crippen molar-refractivity contribution in [2.45, 2.75) is 26.3 Å². The highest BCUT2D eigenvalue weighted by molar-refractivity contribution is 6.13. The van der Waals surface area contributed by atoms with E-state index in [1.807, 2.05) is 19.9 Å². The fraction of sp³-hybridized carbons (Fsp3) is 0.233. The van der Waals surface area contributed by atoms with Crippen LogP contribution in [0.1, 0.15) is 51.4 Å². The number of nitrogens with one attached hydrogen (secondary N) is 2. The van der Waals surface area contributed by atoms with Crippen LogP contribution < -0.4 is 20.3 Å². The fourth-order valence-corrected chi connectivity index (χ4v) is 4.45. The summed E-state index contributed by atoms with van der Waals surface area (Å²) in [6.45, 7) is 4.59. The Balaban J connectivity index is 0.00000198. The van der Waals surface area contributed by atoms with E-state index in [4.69, 9.17) is 4.74 Å². The number of nitrogens with zero attached hydrogens (tertiary/aromatic N) is 5. The minimum absolute atomic E-state index is 0.152. The third-order valence-corrected chi connectivity index (χ3v) is 6.57. The highest BCUT2D eigenvalue weighted by Gasteiger charge is 2.35. The van der Waals surface area contributed by atoms with Gasteiger partial charge in [-0.25, -0.2) is 4.98 Å². The van der Waals surface area contributed by atoms with E-state index in [-0.39, 0.29) is 40.2 Å². The van der Waals surface area contributed by atoms with Crippen LogP contribution in [0.25, 0.3) is 0 Å². The summed E-state index contributed by atoms with van der Waals surface area (Å²) in [6, 6.07) is 14.4. The molecule has 0 aliphatic carbocycles. The average molecular weight is 574 g/mol. The summed E-state index contributed by atoms with van der Waals surface area (Å²) in [5.74, 6) is -3.60. The van der Waals surface area contributed by atoms with E-state index in [1.165, 1.54) is 83.7 Å². The molecule has 0 fully saturated rings. The molecule has 0 saturated heterocycles. The Hall–Kier alpha value is -5.31. The van der Waals surface area contributed by atoms with Crippen LogP contribution in [-0.2, 0) is 12.5 Å². The smallest absolute Gasteiger partial charge is 0.298 e. The highest BCUT2D eigenvalue weighted by atomic mass is 19.3. The molecule has 0 unspecified atom stereocenters. The number of ether oxygens (including phenoxy) is 1. The van der Waals surface area contributed by atoms with Crippen LogP contribution in [0.5, 0.6) is 5.75 Å². The molecular weight excluding hydrogens is 544 g/mol. The van der Waals surface area contributed by atoms with Crippen molar-refractivity contribution >= 4 is 29.0 Å². The number of hydrogen-bond donors (Lipinski definition) is 2. The summed E-state index contributed by atoms with van der Waals surface area (Å²) in [6.07, 6.45) is 2.69. The predicted molar refractivity (Wildman–Crippen MR) is 154 cm³/mol. The van der Waals surface area contributed by atoms with E-state index in [9.17, 15) is 14.9 Å². The van der Waals surface area contributed by atoms with Crippen molar-refractivity contribution in [1.82, 2.24) is 14.8 Å². The number of alkyl halides is 2. The monoisotopic (exact) mass is 573 g/mol. The zero-order chi connectivity index (χ0) is 30.4. The number of amides is 2. The number of pyridine rings is 1. The molecule has 2 aromatic heterocycles. The molecule has 0 bridgehead atoms. The maximum atomic E-state index is 15.2. The normalized spacial score (nSPS) is 12.4. The maximum absolute atomic E-state index is 15.2. The summed E-state index contributed by atoms with van der Waals surface area (Å²) in [4.78, 5) is 31.8. The standard InChI is InChI=1S/C28H23F2N7O3.C2H6/c1-32-24-14-20(9-10-33-24)28(29,30)19-4-6-21(7-5-19)36-11-12-37-25(27(36)39)22(16-34-37)35-26(38)17-3-8-23(40-2)18(13-17)15-31;1-2/h3-10,13-14,16H,11-12H2,1-2H3,(H,32,33)(H,35,38);1-2H3. The summed E-state index contributed by atoms with van der Waals surface area (Å²) >= 11 is 0. The number of carbonyl (C=O) groups excluding carboxylic acids is 2. The first-order chi connectivity index (χ1) is 20.3. The van der Waals surface area contributed by atoms with Gasteiger partial charge in [0.1, 0.15) is 23.3 Å². The van der Waals surface area contributed by atoms with Gasteiger partial charge in [-0.3, -0.25) is 14.3 Å². The molecule has 2 N–H and O–H groups in total. The summed E-state index contributed by atoms with van der Waals surface area (Å²) < 4.78 is 37.0. The van der Waals surface area contributed by atoms with Crippen LogP contribution in [0.15, 0.2) is 67.0 Å².